The Bertz CT molecular complexity index is 915. The van der Waals surface area contributed by atoms with Gasteiger partial charge in [-0.3, -0.25) is 4.79 Å². The van der Waals surface area contributed by atoms with E-state index in [2.05, 4.69) is 36.3 Å². The van der Waals surface area contributed by atoms with Crippen LogP contribution in [0.1, 0.15) is 37.8 Å². The van der Waals surface area contributed by atoms with Gasteiger partial charge in [0.1, 0.15) is 5.75 Å². The van der Waals surface area contributed by atoms with Crippen LogP contribution in [0.2, 0.25) is 0 Å². The Morgan fingerprint density at radius 3 is 2.36 bits per heavy atom. The lowest BCUT2D eigenvalue weighted by Crippen LogP contribution is -2.18. The minimum Gasteiger partial charge on any atom is -0.497 e. The van der Waals surface area contributed by atoms with Crippen LogP contribution in [-0.2, 0) is 11.2 Å². The number of nitrogens with one attached hydrogen (secondary N) is 1. The van der Waals surface area contributed by atoms with Crippen molar-refractivity contribution >= 4 is 22.4 Å². The average Bonchev–Trinajstić information content (AvgIpc) is 3.16. The van der Waals surface area contributed by atoms with E-state index in [0.717, 1.165) is 29.0 Å². The number of hydrogen-bond acceptors (Lipinski definition) is 4. The quantitative estimate of drug-likeness (QED) is 0.554. The minimum absolute atomic E-state index is 0.0489. The third kappa shape index (κ3) is 4.98. The first-order valence-corrected chi connectivity index (χ1v) is 10.3. The summed E-state index contributed by atoms with van der Waals surface area (Å²) in [5.41, 5.74) is 4.15. The van der Waals surface area contributed by atoms with Gasteiger partial charge < -0.3 is 10.1 Å². The maximum atomic E-state index is 12.6. The van der Waals surface area contributed by atoms with E-state index in [1.165, 1.54) is 16.9 Å². The number of rotatable bonds is 7. The summed E-state index contributed by atoms with van der Waals surface area (Å²) < 4.78 is 5.18. The number of carbonyl (C=O) groups excluding carboxylic acids is 1. The Morgan fingerprint density at radius 1 is 1.07 bits per heavy atom. The molecule has 0 bridgehead atoms. The first-order valence-electron chi connectivity index (χ1n) is 9.46. The van der Waals surface area contributed by atoms with Crippen molar-refractivity contribution < 1.29 is 9.53 Å². The summed E-state index contributed by atoms with van der Waals surface area (Å²) in [6, 6.07) is 16.0. The van der Waals surface area contributed by atoms with Gasteiger partial charge in [-0.05, 0) is 54.7 Å². The smallest absolute Gasteiger partial charge is 0.233 e. The van der Waals surface area contributed by atoms with Gasteiger partial charge in [-0.1, -0.05) is 38.1 Å². The molecule has 0 aliphatic rings. The molecule has 0 saturated carbocycles. The summed E-state index contributed by atoms with van der Waals surface area (Å²) in [4.78, 5) is 17.2. The molecule has 0 aliphatic heterocycles. The predicted molar refractivity (Wildman–Crippen MR) is 116 cm³/mol. The van der Waals surface area contributed by atoms with Gasteiger partial charge >= 0.3 is 0 Å². The molecular weight excluding hydrogens is 368 g/mol. The van der Waals surface area contributed by atoms with Gasteiger partial charge in [-0.25, -0.2) is 4.98 Å². The Morgan fingerprint density at radius 2 is 1.75 bits per heavy atom. The van der Waals surface area contributed by atoms with Crippen molar-refractivity contribution in [2.75, 3.05) is 12.4 Å². The van der Waals surface area contributed by atoms with Crippen LogP contribution in [0.4, 0.5) is 5.13 Å². The lowest BCUT2D eigenvalue weighted by molar-refractivity contribution is -0.117. The van der Waals surface area contributed by atoms with Crippen LogP contribution in [0, 0.1) is 5.92 Å². The molecule has 0 aliphatic carbocycles. The average molecular weight is 395 g/mol. The standard InChI is InChI=1S/C23H26N2O2S/c1-15(2)13-17-5-7-18(8-6-17)16(3)22(26)25-23-24-21(14-28-23)19-9-11-20(27-4)12-10-19/h5-12,14-16H,13H2,1-4H3,(H,24,25,26). The van der Waals surface area contributed by atoms with E-state index in [1.54, 1.807) is 7.11 Å². The molecule has 1 amide bonds. The highest BCUT2D eigenvalue weighted by Gasteiger charge is 2.17. The number of methoxy groups -OCH3 is 1. The fourth-order valence-electron chi connectivity index (χ4n) is 3.00. The van der Waals surface area contributed by atoms with E-state index >= 15 is 0 Å². The molecule has 1 unspecified atom stereocenters. The molecule has 3 rings (SSSR count). The number of ether oxygens (including phenoxy) is 1. The first-order chi connectivity index (χ1) is 13.5. The van der Waals surface area contributed by atoms with E-state index in [9.17, 15) is 4.79 Å². The van der Waals surface area contributed by atoms with Gasteiger partial charge in [0.2, 0.25) is 5.91 Å². The molecule has 0 radical (unpaired) electrons. The predicted octanol–water partition coefficient (Wildman–Crippen LogP) is 5.76. The molecular formula is C23H26N2O2S. The number of hydrogen-bond donors (Lipinski definition) is 1. The Balaban J connectivity index is 1.64. The monoisotopic (exact) mass is 394 g/mol. The number of carbonyl (C=O) groups is 1. The largest absolute Gasteiger partial charge is 0.497 e. The molecule has 0 fully saturated rings. The van der Waals surface area contributed by atoms with Crippen LogP contribution >= 0.6 is 11.3 Å². The minimum atomic E-state index is -0.235. The Hall–Kier alpha value is -2.66. The van der Waals surface area contributed by atoms with E-state index in [1.807, 2.05) is 48.7 Å². The third-order valence-electron chi connectivity index (χ3n) is 4.64. The molecule has 28 heavy (non-hydrogen) atoms. The molecule has 1 N–H and O–H groups in total. The molecule has 0 saturated heterocycles. The second kappa shape index (κ2) is 9.02. The number of amides is 1. The van der Waals surface area contributed by atoms with Crippen molar-refractivity contribution in [2.24, 2.45) is 5.92 Å². The molecule has 1 atom stereocenters. The number of nitrogens with zero attached hydrogens (tertiary/aromatic N) is 1. The van der Waals surface area contributed by atoms with Gasteiger partial charge in [-0.2, -0.15) is 0 Å². The van der Waals surface area contributed by atoms with Crippen LogP contribution < -0.4 is 10.1 Å². The molecule has 4 nitrogen and oxygen atoms in total. The summed E-state index contributed by atoms with van der Waals surface area (Å²) in [7, 11) is 1.64. The SMILES string of the molecule is COc1ccc(-c2csc(NC(=O)C(C)c3ccc(CC(C)C)cc3)n2)cc1. The highest BCUT2D eigenvalue weighted by atomic mass is 32.1. The third-order valence-corrected chi connectivity index (χ3v) is 5.39. The molecule has 3 aromatic rings. The molecule has 0 spiro atoms. The van der Waals surface area contributed by atoms with Crippen molar-refractivity contribution in [1.29, 1.82) is 0 Å². The Labute approximate surface area is 170 Å². The maximum Gasteiger partial charge on any atom is 0.233 e. The van der Waals surface area contributed by atoms with E-state index in [4.69, 9.17) is 4.74 Å². The first kappa shape index (κ1) is 20.1. The van der Waals surface area contributed by atoms with Crippen LogP contribution in [-0.4, -0.2) is 18.0 Å². The van der Waals surface area contributed by atoms with Gasteiger partial charge in [-0.15, -0.1) is 11.3 Å². The highest BCUT2D eigenvalue weighted by molar-refractivity contribution is 7.14. The molecule has 2 aromatic carbocycles. The van der Waals surface area contributed by atoms with Crippen molar-refractivity contribution in [3.05, 3.63) is 65.0 Å². The van der Waals surface area contributed by atoms with Crippen molar-refractivity contribution in [3.63, 3.8) is 0 Å². The lowest BCUT2D eigenvalue weighted by Gasteiger charge is -2.12. The number of anilines is 1. The fraction of sp³-hybridized carbons (Fsp3) is 0.304. The topological polar surface area (TPSA) is 51.2 Å². The number of aromatic nitrogens is 1. The fourth-order valence-corrected chi connectivity index (χ4v) is 3.73. The zero-order chi connectivity index (χ0) is 20.1. The second-order valence-electron chi connectivity index (χ2n) is 7.32. The summed E-state index contributed by atoms with van der Waals surface area (Å²) >= 11 is 1.43. The number of benzene rings is 2. The van der Waals surface area contributed by atoms with Crippen LogP contribution in [0.15, 0.2) is 53.9 Å². The van der Waals surface area contributed by atoms with E-state index in [-0.39, 0.29) is 11.8 Å². The normalized spacial score (nSPS) is 12.0. The number of thiazole rings is 1. The van der Waals surface area contributed by atoms with Crippen LogP contribution in [0.3, 0.4) is 0 Å². The van der Waals surface area contributed by atoms with Gasteiger partial charge in [0.25, 0.3) is 0 Å². The highest BCUT2D eigenvalue weighted by Crippen LogP contribution is 2.27. The van der Waals surface area contributed by atoms with E-state index in [0.29, 0.717) is 11.0 Å². The van der Waals surface area contributed by atoms with Crippen LogP contribution in [0.25, 0.3) is 11.3 Å². The molecule has 1 aromatic heterocycles. The summed E-state index contributed by atoms with van der Waals surface area (Å²) in [6.07, 6.45) is 1.05. The van der Waals surface area contributed by atoms with Gasteiger partial charge in [0.15, 0.2) is 5.13 Å². The molecule has 146 valence electrons. The van der Waals surface area contributed by atoms with E-state index < -0.39 is 0 Å². The zero-order valence-corrected chi connectivity index (χ0v) is 17.5. The zero-order valence-electron chi connectivity index (χ0n) is 16.7. The summed E-state index contributed by atoms with van der Waals surface area (Å²) in [5.74, 6) is 1.14. The Kier molecular flexibility index (Phi) is 6.47. The van der Waals surface area contributed by atoms with Crippen molar-refractivity contribution in [2.45, 2.75) is 33.1 Å². The van der Waals surface area contributed by atoms with Crippen molar-refractivity contribution in [1.82, 2.24) is 4.98 Å². The summed E-state index contributed by atoms with van der Waals surface area (Å²) in [6.45, 7) is 6.33. The van der Waals surface area contributed by atoms with Gasteiger partial charge in [0.05, 0.1) is 18.7 Å². The summed E-state index contributed by atoms with van der Waals surface area (Å²) in [5, 5.41) is 5.50. The second-order valence-corrected chi connectivity index (χ2v) is 8.17. The van der Waals surface area contributed by atoms with Gasteiger partial charge in [0, 0.05) is 10.9 Å². The maximum absolute atomic E-state index is 12.6. The van der Waals surface area contributed by atoms with Crippen LogP contribution in [0.5, 0.6) is 5.75 Å². The molecule has 5 heteroatoms. The lowest BCUT2D eigenvalue weighted by atomic mass is 9.96. The van der Waals surface area contributed by atoms with Crippen molar-refractivity contribution in [3.8, 4) is 17.0 Å². The molecule has 1 heterocycles.